The number of allylic oxidation sites excluding steroid dienone is 1. The first kappa shape index (κ1) is 17.6. The lowest BCUT2D eigenvalue weighted by Crippen LogP contribution is -2.15. The summed E-state index contributed by atoms with van der Waals surface area (Å²) in [6, 6.07) is 6.16. The molecule has 3 nitrogen and oxygen atoms in total. The third-order valence-corrected chi connectivity index (χ3v) is 3.20. The normalized spacial score (nSPS) is 11.5. The zero-order chi connectivity index (χ0) is 15.5. The summed E-state index contributed by atoms with van der Waals surface area (Å²) in [5, 5.41) is 3.41. The van der Waals surface area contributed by atoms with E-state index in [4.69, 9.17) is 9.47 Å². The van der Waals surface area contributed by atoms with Crippen LogP contribution in [0.5, 0.6) is 11.5 Å². The van der Waals surface area contributed by atoms with Crippen molar-refractivity contribution >= 4 is 5.57 Å². The average molecular weight is 291 g/mol. The standard InChI is InChI=1S/C18H29NO2/c1-5-12-19-13-8-9-15(4)16-10-11-17(20-6-2)18(14-16)21-7-3/h9-11,14,19H,5-8,12-13H2,1-4H3. The molecule has 0 bridgehead atoms. The average Bonchev–Trinajstić information content (AvgIpc) is 2.49. The molecule has 1 aromatic rings. The SMILES string of the molecule is CCCNCCC=C(C)c1ccc(OCC)c(OCC)c1. The summed E-state index contributed by atoms with van der Waals surface area (Å²) >= 11 is 0. The molecule has 0 aliphatic carbocycles. The predicted octanol–water partition coefficient (Wildman–Crippen LogP) is 4.28. The molecule has 0 heterocycles. The molecular formula is C18H29NO2. The maximum atomic E-state index is 5.67. The topological polar surface area (TPSA) is 30.5 Å². The van der Waals surface area contributed by atoms with E-state index in [0.29, 0.717) is 13.2 Å². The van der Waals surface area contributed by atoms with Gasteiger partial charge in [0.1, 0.15) is 0 Å². The molecule has 1 aromatic carbocycles. The molecule has 21 heavy (non-hydrogen) atoms. The second-order valence-corrected chi connectivity index (χ2v) is 4.95. The lowest BCUT2D eigenvalue weighted by Gasteiger charge is -2.12. The van der Waals surface area contributed by atoms with Crippen LogP contribution in [0.3, 0.4) is 0 Å². The van der Waals surface area contributed by atoms with E-state index < -0.39 is 0 Å². The Bertz CT molecular complexity index is 441. The first-order chi connectivity index (χ1) is 10.2. The van der Waals surface area contributed by atoms with Gasteiger partial charge in [0.25, 0.3) is 0 Å². The number of hydrogen-bond acceptors (Lipinski definition) is 3. The molecule has 0 unspecified atom stereocenters. The minimum Gasteiger partial charge on any atom is -0.490 e. The molecule has 0 spiro atoms. The molecule has 118 valence electrons. The van der Waals surface area contributed by atoms with Gasteiger partial charge >= 0.3 is 0 Å². The van der Waals surface area contributed by atoms with E-state index in [9.17, 15) is 0 Å². The van der Waals surface area contributed by atoms with Crippen molar-refractivity contribution in [2.45, 2.75) is 40.5 Å². The second-order valence-electron chi connectivity index (χ2n) is 4.95. The Hall–Kier alpha value is -1.48. The van der Waals surface area contributed by atoms with Crippen molar-refractivity contribution in [2.75, 3.05) is 26.3 Å². The van der Waals surface area contributed by atoms with Crippen LogP contribution in [0.15, 0.2) is 24.3 Å². The van der Waals surface area contributed by atoms with Crippen LogP contribution in [-0.2, 0) is 0 Å². The van der Waals surface area contributed by atoms with Crippen molar-refractivity contribution in [3.63, 3.8) is 0 Å². The fourth-order valence-corrected chi connectivity index (χ4v) is 2.11. The van der Waals surface area contributed by atoms with Crippen molar-refractivity contribution < 1.29 is 9.47 Å². The van der Waals surface area contributed by atoms with Crippen molar-refractivity contribution in [3.8, 4) is 11.5 Å². The van der Waals surface area contributed by atoms with Gasteiger partial charge in [-0.05, 0) is 70.0 Å². The Morgan fingerprint density at radius 3 is 2.43 bits per heavy atom. The Kier molecular flexibility index (Phi) is 8.60. The highest BCUT2D eigenvalue weighted by molar-refractivity contribution is 5.66. The molecule has 0 saturated heterocycles. The van der Waals surface area contributed by atoms with Crippen LogP contribution in [0, 0.1) is 0 Å². The van der Waals surface area contributed by atoms with Gasteiger partial charge in [0.05, 0.1) is 13.2 Å². The van der Waals surface area contributed by atoms with Crippen LogP contribution in [0.1, 0.15) is 46.1 Å². The highest BCUT2D eigenvalue weighted by Gasteiger charge is 2.06. The smallest absolute Gasteiger partial charge is 0.161 e. The van der Waals surface area contributed by atoms with Crippen LogP contribution < -0.4 is 14.8 Å². The summed E-state index contributed by atoms with van der Waals surface area (Å²) in [4.78, 5) is 0. The fourth-order valence-electron chi connectivity index (χ4n) is 2.11. The van der Waals surface area contributed by atoms with Gasteiger partial charge in [0.15, 0.2) is 11.5 Å². The van der Waals surface area contributed by atoms with E-state index in [0.717, 1.165) is 31.0 Å². The first-order valence-electron chi connectivity index (χ1n) is 8.00. The summed E-state index contributed by atoms with van der Waals surface area (Å²) in [7, 11) is 0. The third kappa shape index (κ3) is 6.21. The van der Waals surface area contributed by atoms with Gasteiger partial charge in [-0.2, -0.15) is 0 Å². The van der Waals surface area contributed by atoms with Gasteiger partial charge in [-0.1, -0.05) is 19.1 Å². The van der Waals surface area contributed by atoms with E-state index >= 15 is 0 Å². The van der Waals surface area contributed by atoms with Gasteiger partial charge in [0.2, 0.25) is 0 Å². The minimum absolute atomic E-state index is 0.646. The zero-order valence-corrected chi connectivity index (χ0v) is 13.9. The molecule has 1 N–H and O–H groups in total. The lowest BCUT2D eigenvalue weighted by molar-refractivity contribution is 0.287. The molecule has 0 aromatic heterocycles. The first-order valence-corrected chi connectivity index (χ1v) is 8.00. The van der Waals surface area contributed by atoms with E-state index in [1.807, 2.05) is 19.9 Å². The van der Waals surface area contributed by atoms with E-state index in [2.05, 4.69) is 37.4 Å². The fraction of sp³-hybridized carbons (Fsp3) is 0.556. The van der Waals surface area contributed by atoms with Crippen molar-refractivity contribution in [1.29, 1.82) is 0 Å². The highest BCUT2D eigenvalue weighted by atomic mass is 16.5. The number of benzene rings is 1. The van der Waals surface area contributed by atoms with Crippen LogP contribution in [0.2, 0.25) is 0 Å². The van der Waals surface area contributed by atoms with Crippen molar-refractivity contribution in [3.05, 3.63) is 29.8 Å². The number of hydrogen-bond donors (Lipinski definition) is 1. The molecule has 3 heteroatoms. The van der Waals surface area contributed by atoms with Crippen LogP contribution in [-0.4, -0.2) is 26.3 Å². The molecule has 1 rings (SSSR count). The van der Waals surface area contributed by atoms with Gasteiger partial charge < -0.3 is 14.8 Å². The Morgan fingerprint density at radius 2 is 1.76 bits per heavy atom. The molecule has 0 aliphatic rings. The summed E-state index contributed by atoms with van der Waals surface area (Å²) in [6.45, 7) is 11.7. The maximum absolute atomic E-state index is 5.67. The Balaban J connectivity index is 2.72. The Labute approximate surface area is 129 Å². The summed E-state index contributed by atoms with van der Waals surface area (Å²) in [5.41, 5.74) is 2.47. The largest absolute Gasteiger partial charge is 0.490 e. The minimum atomic E-state index is 0.646. The maximum Gasteiger partial charge on any atom is 0.161 e. The number of ether oxygens (including phenoxy) is 2. The number of nitrogens with one attached hydrogen (secondary N) is 1. The number of rotatable bonds is 10. The predicted molar refractivity (Wildman–Crippen MR) is 90.2 cm³/mol. The molecular weight excluding hydrogens is 262 g/mol. The van der Waals surface area contributed by atoms with Crippen LogP contribution in [0.4, 0.5) is 0 Å². The van der Waals surface area contributed by atoms with E-state index in [1.165, 1.54) is 17.6 Å². The zero-order valence-electron chi connectivity index (χ0n) is 13.9. The lowest BCUT2D eigenvalue weighted by atomic mass is 10.1. The van der Waals surface area contributed by atoms with E-state index in [1.54, 1.807) is 0 Å². The van der Waals surface area contributed by atoms with Crippen LogP contribution >= 0.6 is 0 Å². The quantitative estimate of drug-likeness (QED) is 0.653. The third-order valence-electron chi connectivity index (χ3n) is 3.20. The molecule has 0 radical (unpaired) electrons. The molecule has 0 fully saturated rings. The molecule has 0 aliphatic heterocycles. The van der Waals surface area contributed by atoms with Gasteiger partial charge in [-0.3, -0.25) is 0 Å². The summed E-state index contributed by atoms with van der Waals surface area (Å²) in [6.07, 6.45) is 4.50. The van der Waals surface area contributed by atoms with Crippen molar-refractivity contribution in [2.24, 2.45) is 0 Å². The van der Waals surface area contributed by atoms with Crippen molar-refractivity contribution in [1.82, 2.24) is 5.32 Å². The van der Waals surface area contributed by atoms with Crippen LogP contribution in [0.25, 0.3) is 5.57 Å². The van der Waals surface area contributed by atoms with E-state index in [-0.39, 0.29) is 0 Å². The van der Waals surface area contributed by atoms with Gasteiger partial charge in [-0.25, -0.2) is 0 Å². The van der Waals surface area contributed by atoms with Gasteiger partial charge in [0, 0.05) is 0 Å². The second kappa shape index (κ2) is 10.3. The highest BCUT2D eigenvalue weighted by Crippen LogP contribution is 2.31. The molecule has 0 atom stereocenters. The summed E-state index contributed by atoms with van der Waals surface area (Å²) in [5.74, 6) is 1.65. The summed E-state index contributed by atoms with van der Waals surface area (Å²) < 4.78 is 11.3. The monoisotopic (exact) mass is 291 g/mol. The van der Waals surface area contributed by atoms with Gasteiger partial charge in [-0.15, -0.1) is 0 Å². The Morgan fingerprint density at radius 1 is 1.05 bits per heavy atom. The molecule has 0 saturated carbocycles. The molecule has 0 amide bonds.